The topological polar surface area (TPSA) is 71.3 Å². The maximum atomic E-state index is 12.9. The predicted molar refractivity (Wildman–Crippen MR) is 130 cm³/mol. The van der Waals surface area contributed by atoms with Gasteiger partial charge < -0.3 is 9.47 Å². The minimum absolute atomic E-state index is 0.174. The van der Waals surface area contributed by atoms with Crippen LogP contribution >= 0.6 is 0 Å². The molecule has 166 valence electrons. The minimum atomic E-state index is -0.392. The largest absolute Gasteiger partial charge is 0.497 e. The summed E-state index contributed by atoms with van der Waals surface area (Å²) in [5, 5.41) is 15.0. The second-order valence-electron chi connectivity index (χ2n) is 8.08. The summed E-state index contributed by atoms with van der Waals surface area (Å²) in [6.45, 7) is 0. The van der Waals surface area contributed by atoms with E-state index >= 15 is 0 Å². The van der Waals surface area contributed by atoms with Crippen molar-refractivity contribution >= 4 is 16.7 Å². The van der Waals surface area contributed by atoms with Gasteiger partial charge in [-0.05, 0) is 28.6 Å². The Morgan fingerprint density at radius 1 is 0.971 bits per heavy atom. The van der Waals surface area contributed by atoms with Gasteiger partial charge in [0.25, 0.3) is 0 Å². The summed E-state index contributed by atoms with van der Waals surface area (Å²) in [5.41, 5.74) is 3.02. The van der Waals surface area contributed by atoms with E-state index in [1.165, 1.54) is 0 Å². The molecule has 1 atom stereocenters. The molecule has 4 aromatic rings. The zero-order valence-electron chi connectivity index (χ0n) is 18.6. The second kappa shape index (κ2) is 9.13. The fraction of sp³-hybridized carbons (Fsp3) is 0.103. The second-order valence-corrected chi connectivity index (χ2v) is 8.08. The van der Waals surface area contributed by atoms with Crippen LogP contribution in [0.5, 0.6) is 11.5 Å². The standard InChI is InChI=1S/C29H22N2O3/c1-33-22-14-11-21(12-15-22)27-24-16-13-20-9-5-6-10-23(20)28(24)34-29(25(27)18-30)31-26(32)17-19-7-3-2-4-8-19/h2-16,27H,17H2,1H3,(H,31,32). The highest BCUT2D eigenvalue weighted by Crippen LogP contribution is 2.45. The number of carbonyl (C=O) groups is 1. The summed E-state index contributed by atoms with van der Waals surface area (Å²) in [5.74, 6) is 0.914. The van der Waals surface area contributed by atoms with Crippen molar-refractivity contribution in [2.45, 2.75) is 12.3 Å². The predicted octanol–water partition coefficient (Wildman–Crippen LogP) is 5.47. The number of nitrogens with zero attached hydrogens (tertiary/aromatic N) is 1. The first-order valence-corrected chi connectivity index (χ1v) is 11.0. The highest BCUT2D eigenvalue weighted by atomic mass is 16.5. The van der Waals surface area contributed by atoms with Crippen LogP contribution in [-0.2, 0) is 11.2 Å². The van der Waals surface area contributed by atoms with Crippen molar-refractivity contribution in [1.82, 2.24) is 5.32 Å². The van der Waals surface area contributed by atoms with E-state index < -0.39 is 5.92 Å². The van der Waals surface area contributed by atoms with Gasteiger partial charge in [-0.3, -0.25) is 10.1 Å². The van der Waals surface area contributed by atoms with Crippen LogP contribution in [0, 0.1) is 11.3 Å². The van der Waals surface area contributed by atoms with Crippen molar-refractivity contribution < 1.29 is 14.3 Å². The summed E-state index contributed by atoms with van der Waals surface area (Å²) in [7, 11) is 1.62. The van der Waals surface area contributed by atoms with Crippen LogP contribution in [-0.4, -0.2) is 13.0 Å². The smallest absolute Gasteiger partial charge is 0.231 e. The van der Waals surface area contributed by atoms with Crippen LogP contribution in [0.15, 0.2) is 102 Å². The molecule has 0 bridgehead atoms. The molecular formula is C29H22N2O3. The third-order valence-corrected chi connectivity index (χ3v) is 5.99. The lowest BCUT2D eigenvalue weighted by Crippen LogP contribution is -2.32. The monoisotopic (exact) mass is 446 g/mol. The van der Waals surface area contributed by atoms with Gasteiger partial charge in [0, 0.05) is 10.9 Å². The summed E-state index contributed by atoms with van der Waals surface area (Å²) in [4.78, 5) is 12.9. The molecule has 5 nitrogen and oxygen atoms in total. The fourth-order valence-electron chi connectivity index (χ4n) is 4.35. The summed E-state index contributed by atoms with van der Waals surface area (Å²) in [6, 6.07) is 31.3. The number of hydrogen-bond acceptors (Lipinski definition) is 4. The van der Waals surface area contributed by atoms with Crippen LogP contribution in [0.1, 0.15) is 22.6 Å². The van der Waals surface area contributed by atoms with Crippen molar-refractivity contribution in [1.29, 1.82) is 5.26 Å². The Hall–Kier alpha value is -4.56. The molecular weight excluding hydrogens is 424 g/mol. The van der Waals surface area contributed by atoms with E-state index in [4.69, 9.17) is 9.47 Å². The fourth-order valence-corrected chi connectivity index (χ4v) is 4.35. The first-order valence-electron chi connectivity index (χ1n) is 11.0. The molecule has 34 heavy (non-hydrogen) atoms. The number of fused-ring (bicyclic) bond motifs is 3. The Morgan fingerprint density at radius 2 is 1.71 bits per heavy atom. The average Bonchev–Trinajstić information content (AvgIpc) is 2.88. The third kappa shape index (κ3) is 3.98. The Bertz CT molecular complexity index is 1430. The molecule has 1 heterocycles. The minimum Gasteiger partial charge on any atom is -0.497 e. The van der Waals surface area contributed by atoms with Gasteiger partial charge in [-0.15, -0.1) is 0 Å². The maximum absolute atomic E-state index is 12.9. The number of allylic oxidation sites excluding steroid dienone is 1. The van der Waals surface area contributed by atoms with Crippen LogP contribution in [0.3, 0.4) is 0 Å². The number of amides is 1. The Balaban J connectivity index is 1.61. The van der Waals surface area contributed by atoms with E-state index in [9.17, 15) is 10.1 Å². The lowest BCUT2D eigenvalue weighted by molar-refractivity contribution is -0.120. The molecule has 1 unspecified atom stereocenters. The molecule has 0 radical (unpaired) electrons. The number of hydrogen-bond donors (Lipinski definition) is 1. The van der Waals surface area contributed by atoms with Crippen molar-refractivity contribution in [3.63, 3.8) is 0 Å². The lowest BCUT2D eigenvalue weighted by Gasteiger charge is -2.29. The van der Waals surface area contributed by atoms with Crippen LogP contribution in [0.2, 0.25) is 0 Å². The molecule has 1 N–H and O–H groups in total. The maximum Gasteiger partial charge on any atom is 0.231 e. The number of ether oxygens (including phenoxy) is 2. The highest BCUT2D eigenvalue weighted by molar-refractivity contribution is 5.91. The molecule has 0 aliphatic carbocycles. The number of methoxy groups -OCH3 is 1. The molecule has 0 saturated heterocycles. The number of carbonyl (C=O) groups excluding carboxylic acids is 1. The molecule has 0 aromatic heterocycles. The molecule has 1 aliphatic rings. The zero-order valence-corrected chi connectivity index (χ0v) is 18.6. The van der Waals surface area contributed by atoms with Crippen molar-refractivity contribution in [3.05, 3.63) is 119 Å². The van der Waals surface area contributed by atoms with Crippen molar-refractivity contribution in [2.75, 3.05) is 7.11 Å². The van der Waals surface area contributed by atoms with Gasteiger partial charge in [0.15, 0.2) is 0 Å². The first-order chi connectivity index (χ1) is 16.7. The van der Waals surface area contributed by atoms with Gasteiger partial charge in [-0.25, -0.2) is 0 Å². The van der Waals surface area contributed by atoms with Gasteiger partial charge in [-0.2, -0.15) is 5.26 Å². The van der Waals surface area contributed by atoms with Gasteiger partial charge in [0.1, 0.15) is 23.1 Å². The Kier molecular flexibility index (Phi) is 5.72. The van der Waals surface area contributed by atoms with Crippen molar-refractivity contribution in [3.8, 4) is 17.6 Å². The summed E-state index contributed by atoms with van der Waals surface area (Å²) in [6.07, 6.45) is 0.183. The average molecular weight is 447 g/mol. The molecule has 0 fully saturated rings. The number of nitriles is 1. The normalized spacial score (nSPS) is 14.6. The lowest BCUT2D eigenvalue weighted by atomic mass is 9.82. The van der Waals surface area contributed by atoms with Gasteiger partial charge in [0.05, 0.1) is 19.4 Å². The molecule has 5 rings (SSSR count). The van der Waals surface area contributed by atoms with E-state index in [1.54, 1.807) is 7.11 Å². The van der Waals surface area contributed by atoms with E-state index in [1.807, 2.05) is 91.0 Å². The quantitative estimate of drug-likeness (QED) is 0.441. The SMILES string of the molecule is COc1ccc(C2C(C#N)=C(NC(=O)Cc3ccccc3)Oc3c2ccc2ccccc32)cc1. The van der Waals surface area contributed by atoms with Gasteiger partial charge >= 0.3 is 0 Å². The van der Waals surface area contributed by atoms with Crippen molar-refractivity contribution in [2.24, 2.45) is 0 Å². The van der Waals surface area contributed by atoms with E-state index in [2.05, 4.69) is 11.4 Å². The Morgan fingerprint density at radius 3 is 2.44 bits per heavy atom. The zero-order chi connectivity index (χ0) is 23.5. The summed E-state index contributed by atoms with van der Waals surface area (Å²) >= 11 is 0. The molecule has 1 amide bonds. The Labute approximate surface area is 197 Å². The van der Waals surface area contributed by atoms with E-state index in [0.29, 0.717) is 11.3 Å². The molecule has 1 aliphatic heterocycles. The first kappa shape index (κ1) is 21.3. The van der Waals surface area contributed by atoms with E-state index in [0.717, 1.165) is 33.2 Å². The molecule has 4 aromatic carbocycles. The number of benzene rings is 4. The van der Waals surface area contributed by atoms with Crippen LogP contribution in [0.4, 0.5) is 0 Å². The molecule has 0 saturated carbocycles. The number of rotatable bonds is 5. The van der Waals surface area contributed by atoms with Gasteiger partial charge in [0.2, 0.25) is 11.8 Å². The van der Waals surface area contributed by atoms with Crippen LogP contribution in [0.25, 0.3) is 10.8 Å². The molecule has 0 spiro atoms. The number of nitrogens with one attached hydrogen (secondary N) is 1. The third-order valence-electron chi connectivity index (χ3n) is 5.99. The highest BCUT2D eigenvalue weighted by Gasteiger charge is 2.33. The summed E-state index contributed by atoms with van der Waals surface area (Å²) < 4.78 is 11.6. The molecule has 5 heteroatoms. The van der Waals surface area contributed by atoms with E-state index in [-0.39, 0.29) is 18.2 Å². The van der Waals surface area contributed by atoms with Crippen LogP contribution < -0.4 is 14.8 Å². The van der Waals surface area contributed by atoms with Gasteiger partial charge in [-0.1, -0.05) is 78.9 Å².